The molecule has 6 nitrogen and oxygen atoms in total. The normalized spacial score (nSPS) is 24.6. The molecule has 3 atom stereocenters. The van der Waals surface area contributed by atoms with Gasteiger partial charge in [0.1, 0.15) is 0 Å². The van der Waals surface area contributed by atoms with Crippen LogP contribution >= 0.6 is 0 Å². The molecule has 1 aromatic rings. The molecular formula is C23H39N5O. The van der Waals surface area contributed by atoms with Gasteiger partial charge in [0, 0.05) is 51.4 Å². The molecule has 1 fully saturated rings. The van der Waals surface area contributed by atoms with Gasteiger partial charge in [0.05, 0.1) is 12.6 Å². The van der Waals surface area contributed by atoms with Crippen molar-refractivity contribution >= 4 is 5.96 Å². The summed E-state index contributed by atoms with van der Waals surface area (Å²) in [6, 6.07) is 9.58. The lowest BCUT2D eigenvalue weighted by atomic mass is 10.00. The first kappa shape index (κ1) is 22.1. The van der Waals surface area contributed by atoms with E-state index in [0.717, 1.165) is 45.1 Å². The Hall–Kier alpha value is -1.63. The van der Waals surface area contributed by atoms with Gasteiger partial charge >= 0.3 is 0 Å². The van der Waals surface area contributed by atoms with Crippen LogP contribution < -0.4 is 10.6 Å². The minimum Gasteiger partial charge on any atom is -0.390 e. The van der Waals surface area contributed by atoms with Crippen LogP contribution in [-0.4, -0.2) is 78.3 Å². The van der Waals surface area contributed by atoms with Gasteiger partial charge in [0.2, 0.25) is 0 Å². The van der Waals surface area contributed by atoms with E-state index in [4.69, 9.17) is 4.99 Å². The molecule has 1 saturated heterocycles. The van der Waals surface area contributed by atoms with Crippen molar-refractivity contribution in [1.82, 2.24) is 20.4 Å². The number of hydrogen-bond acceptors (Lipinski definition) is 4. The predicted octanol–water partition coefficient (Wildman–Crippen LogP) is 1.69. The Bertz CT molecular complexity index is 677. The molecule has 2 aliphatic rings. The van der Waals surface area contributed by atoms with Gasteiger partial charge in [-0.15, -0.1) is 0 Å². The van der Waals surface area contributed by atoms with Crippen LogP contribution in [0.15, 0.2) is 29.3 Å². The van der Waals surface area contributed by atoms with E-state index in [9.17, 15) is 5.11 Å². The second kappa shape index (κ2) is 10.4. The summed E-state index contributed by atoms with van der Waals surface area (Å²) in [5.74, 6) is 1.40. The number of β-amino-alcohol motifs (C(OH)–C–C–N with tert-alkyl or cyclic N) is 1. The molecule has 6 heteroatoms. The van der Waals surface area contributed by atoms with Crippen molar-refractivity contribution in [2.45, 2.75) is 58.8 Å². The van der Waals surface area contributed by atoms with Crippen LogP contribution in [0.5, 0.6) is 0 Å². The summed E-state index contributed by atoms with van der Waals surface area (Å²) in [7, 11) is 0. The zero-order valence-corrected chi connectivity index (χ0v) is 18.6. The first-order valence-electron chi connectivity index (χ1n) is 11.2. The summed E-state index contributed by atoms with van der Waals surface area (Å²) in [4.78, 5) is 9.53. The maximum absolute atomic E-state index is 10.6. The van der Waals surface area contributed by atoms with E-state index in [0.29, 0.717) is 31.1 Å². The first-order chi connectivity index (χ1) is 14.0. The quantitative estimate of drug-likeness (QED) is 0.479. The van der Waals surface area contributed by atoms with Gasteiger partial charge in [0.15, 0.2) is 5.96 Å². The zero-order chi connectivity index (χ0) is 20.8. The fraction of sp³-hybridized carbons (Fsp3) is 0.696. The number of benzene rings is 1. The Labute approximate surface area is 176 Å². The number of aliphatic hydroxyl groups excluding tert-OH is 1. The highest BCUT2D eigenvalue weighted by molar-refractivity contribution is 5.80. The van der Waals surface area contributed by atoms with Gasteiger partial charge in [0.25, 0.3) is 0 Å². The Kier molecular flexibility index (Phi) is 7.92. The third kappa shape index (κ3) is 6.17. The molecular weight excluding hydrogens is 362 g/mol. The monoisotopic (exact) mass is 401 g/mol. The molecule has 2 aliphatic heterocycles. The lowest BCUT2D eigenvalue weighted by Gasteiger charge is -2.30. The number of fused-ring (bicyclic) bond motifs is 1. The highest BCUT2D eigenvalue weighted by Crippen LogP contribution is 2.19. The minimum atomic E-state index is -0.455. The van der Waals surface area contributed by atoms with E-state index < -0.39 is 6.10 Å². The van der Waals surface area contributed by atoms with Gasteiger partial charge < -0.3 is 15.7 Å². The highest BCUT2D eigenvalue weighted by Gasteiger charge is 2.31. The highest BCUT2D eigenvalue weighted by atomic mass is 16.3. The number of nitrogens with one attached hydrogen (secondary N) is 2. The van der Waals surface area contributed by atoms with E-state index in [1.54, 1.807) is 0 Å². The second-order valence-corrected chi connectivity index (χ2v) is 8.90. The molecule has 1 aromatic carbocycles. The van der Waals surface area contributed by atoms with Crippen LogP contribution in [0, 0.1) is 5.92 Å². The molecule has 29 heavy (non-hydrogen) atoms. The van der Waals surface area contributed by atoms with Crippen LogP contribution in [-0.2, 0) is 13.0 Å². The number of guanidine groups is 1. The van der Waals surface area contributed by atoms with Crippen LogP contribution in [0.25, 0.3) is 0 Å². The lowest BCUT2D eigenvalue weighted by molar-refractivity contribution is 0.111. The fourth-order valence-corrected chi connectivity index (χ4v) is 4.37. The minimum absolute atomic E-state index is 0.394. The van der Waals surface area contributed by atoms with Crippen molar-refractivity contribution in [3.63, 3.8) is 0 Å². The average molecular weight is 402 g/mol. The standard InChI is InChI=1S/C23H39N5O/c1-5-24-23(26-22-16-28(17(2)3)13-18(22)4)25-12-21(29)15-27-11-10-19-8-6-7-9-20(19)14-27/h6-9,17-18,21-22,29H,5,10-16H2,1-4H3,(H2,24,25,26). The van der Waals surface area contributed by atoms with Crippen molar-refractivity contribution in [3.05, 3.63) is 35.4 Å². The van der Waals surface area contributed by atoms with Crippen LogP contribution in [0.3, 0.4) is 0 Å². The van der Waals surface area contributed by atoms with Crippen molar-refractivity contribution < 1.29 is 5.11 Å². The SMILES string of the molecule is CCNC(=NCC(O)CN1CCc2ccccc2C1)NC1CN(C(C)C)CC1C. The third-order valence-corrected chi connectivity index (χ3v) is 6.18. The lowest BCUT2D eigenvalue weighted by Crippen LogP contribution is -2.47. The molecule has 0 bridgehead atoms. The van der Waals surface area contributed by atoms with Gasteiger partial charge in [-0.25, -0.2) is 0 Å². The number of aliphatic hydroxyl groups is 1. The smallest absolute Gasteiger partial charge is 0.191 e. The predicted molar refractivity (Wildman–Crippen MR) is 120 cm³/mol. The summed E-state index contributed by atoms with van der Waals surface area (Å²) >= 11 is 0. The number of aliphatic imine (C=N–C) groups is 1. The average Bonchev–Trinajstić information content (AvgIpc) is 3.07. The summed E-state index contributed by atoms with van der Waals surface area (Å²) in [6.07, 6.45) is 0.603. The summed E-state index contributed by atoms with van der Waals surface area (Å²) < 4.78 is 0. The van der Waals surface area contributed by atoms with E-state index in [2.05, 4.69) is 72.4 Å². The first-order valence-corrected chi connectivity index (χ1v) is 11.2. The zero-order valence-electron chi connectivity index (χ0n) is 18.6. The Balaban J connectivity index is 1.51. The largest absolute Gasteiger partial charge is 0.390 e. The van der Waals surface area contributed by atoms with Crippen molar-refractivity contribution in [3.8, 4) is 0 Å². The molecule has 3 N–H and O–H groups in total. The number of likely N-dealkylation sites (tertiary alicyclic amines) is 1. The number of hydrogen-bond donors (Lipinski definition) is 3. The maximum Gasteiger partial charge on any atom is 0.191 e. The maximum atomic E-state index is 10.6. The van der Waals surface area contributed by atoms with E-state index in [-0.39, 0.29) is 0 Å². The molecule has 0 spiro atoms. The molecule has 3 unspecified atom stereocenters. The van der Waals surface area contributed by atoms with Crippen molar-refractivity contribution in [2.75, 3.05) is 39.3 Å². The van der Waals surface area contributed by atoms with Gasteiger partial charge in [-0.05, 0) is 44.2 Å². The van der Waals surface area contributed by atoms with E-state index >= 15 is 0 Å². The van der Waals surface area contributed by atoms with Crippen LogP contribution in [0.4, 0.5) is 0 Å². The van der Waals surface area contributed by atoms with Gasteiger partial charge in [-0.1, -0.05) is 31.2 Å². The molecule has 0 aliphatic carbocycles. The van der Waals surface area contributed by atoms with Crippen molar-refractivity contribution in [1.29, 1.82) is 0 Å². The van der Waals surface area contributed by atoms with Gasteiger partial charge in [-0.3, -0.25) is 14.8 Å². The van der Waals surface area contributed by atoms with Crippen LogP contribution in [0.1, 0.15) is 38.8 Å². The van der Waals surface area contributed by atoms with E-state index in [1.807, 2.05) is 0 Å². The summed E-state index contributed by atoms with van der Waals surface area (Å²) in [5, 5.41) is 17.5. The fourth-order valence-electron chi connectivity index (χ4n) is 4.37. The number of rotatable bonds is 7. The molecule has 0 saturated carbocycles. The van der Waals surface area contributed by atoms with Crippen molar-refractivity contribution in [2.24, 2.45) is 10.9 Å². The molecule has 3 rings (SSSR count). The number of nitrogens with zero attached hydrogens (tertiary/aromatic N) is 3. The molecule has 162 valence electrons. The Morgan fingerprint density at radius 3 is 2.69 bits per heavy atom. The third-order valence-electron chi connectivity index (χ3n) is 6.18. The summed E-state index contributed by atoms with van der Waals surface area (Å²) in [5.41, 5.74) is 2.82. The Morgan fingerprint density at radius 1 is 1.24 bits per heavy atom. The molecule has 0 amide bonds. The van der Waals surface area contributed by atoms with Crippen LogP contribution in [0.2, 0.25) is 0 Å². The Morgan fingerprint density at radius 2 is 2.00 bits per heavy atom. The molecule has 2 heterocycles. The summed E-state index contributed by atoms with van der Waals surface area (Å²) in [6.45, 7) is 14.9. The molecule has 0 radical (unpaired) electrons. The molecule has 0 aromatic heterocycles. The van der Waals surface area contributed by atoms with E-state index in [1.165, 1.54) is 11.1 Å². The van der Waals surface area contributed by atoms with Gasteiger partial charge in [-0.2, -0.15) is 0 Å². The second-order valence-electron chi connectivity index (χ2n) is 8.90. The topological polar surface area (TPSA) is 63.1 Å².